The van der Waals surface area contributed by atoms with Crippen molar-refractivity contribution < 1.29 is 33.1 Å². The van der Waals surface area contributed by atoms with Gasteiger partial charge in [-0.1, -0.05) is 6.07 Å². The van der Waals surface area contributed by atoms with Crippen molar-refractivity contribution in [3.05, 3.63) is 81.5 Å². The molecule has 1 aliphatic heterocycles. The molecule has 3 amide bonds. The Kier molecular flexibility index (Phi) is 8.81. The third-order valence-electron chi connectivity index (χ3n) is 7.33. The number of rotatable bonds is 9. The molecule has 5 rings (SSSR count). The first-order chi connectivity index (χ1) is 20.2. The summed E-state index contributed by atoms with van der Waals surface area (Å²) in [6, 6.07) is 10.3. The van der Waals surface area contributed by atoms with Crippen molar-refractivity contribution in [3.63, 3.8) is 0 Å². The van der Waals surface area contributed by atoms with E-state index in [0.29, 0.717) is 43.2 Å². The Morgan fingerprint density at radius 1 is 0.929 bits per heavy atom. The average molecular weight is 597 g/mol. The molecular formula is C30H30F2N4O5S. The lowest BCUT2D eigenvalue weighted by molar-refractivity contribution is -0.137. The highest BCUT2D eigenvalue weighted by atomic mass is 32.1. The van der Waals surface area contributed by atoms with Crippen molar-refractivity contribution in [2.75, 3.05) is 36.4 Å². The summed E-state index contributed by atoms with van der Waals surface area (Å²) < 4.78 is 27.3. The number of carboxylic acids is 1. The highest BCUT2D eigenvalue weighted by Crippen LogP contribution is 2.33. The fourth-order valence-corrected chi connectivity index (χ4v) is 5.76. The molecule has 0 radical (unpaired) electrons. The van der Waals surface area contributed by atoms with Crippen LogP contribution in [0.1, 0.15) is 57.3 Å². The number of hydrogen-bond donors (Lipinski definition) is 3. The number of carbonyl (C=O) groups is 4. The first-order valence-electron chi connectivity index (χ1n) is 13.7. The lowest BCUT2D eigenvalue weighted by Crippen LogP contribution is -2.36. The standard InChI is InChI=1S/C30H30F2N4O5S/c31-21-8-6-19(15-22(21)32)28(39)33-23-16-20(29(40)34-24(17-27(37)38)26-3-1-14-42-26)7-9-25(23)35-10-2-11-36(13-12-35)30(41)18-4-5-18/h1,3,6-9,14-16,18,24H,2,4-5,10-13,17H2,(H,33,39)(H,34,40)(H,37,38). The van der Waals surface area contributed by atoms with Crippen LogP contribution in [0.4, 0.5) is 20.2 Å². The van der Waals surface area contributed by atoms with E-state index in [2.05, 4.69) is 10.6 Å². The summed E-state index contributed by atoms with van der Waals surface area (Å²) in [5.41, 5.74) is 0.937. The largest absolute Gasteiger partial charge is 0.481 e. The molecule has 12 heteroatoms. The molecule has 1 unspecified atom stereocenters. The number of aliphatic carboxylic acids is 1. The highest BCUT2D eigenvalue weighted by Gasteiger charge is 2.34. The van der Waals surface area contributed by atoms with Gasteiger partial charge in [0, 0.05) is 48.1 Å². The van der Waals surface area contributed by atoms with Gasteiger partial charge < -0.3 is 25.5 Å². The smallest absolute Gasteiger partial charge is 0.305 e. The van der Waals surface area contributed by atoms with Crippen molar-refractivity contribution in [1.29, 1.82) is 0 Å². The molecule has 3 N–H and O–H groups in total. The minimum Gasteiger partial charge on any atom is -0.481 e. The molecule has 1 atom stereocenters. The molecule has 0 spiro atoms. The molecule has 220 valence electrons. The second-order valence-electron chi connectivity index (χ2n) is 10.4. The molecule has 0 bridgehead atoms. The molecule has 2 fully saturated rings. The molecule has 2 aliphatic rings. The topological polar surface area (TPSA) is 119 Å². The van der Waals surface area contributed by atoms with Crippen molar-refractivity contribution in [3.8, 4) is 0 Å². The predicted octanol–water partition coefficient (Wildman–Crippen LogP) is 4.67. The third kappa shape index (κ3) is 6.93. The van der Waals surface area contributed by atoms with Crippen molar-refractivity contribution in [2.45, 2.75) is 31.7 Å². The molecule has 42 heavy (non-hydrogen) atoms. The van der Waals surface area contributed by atoms with Gasteiger partial charge in [0.2, 0.25) is 5.91 Å². The van der Waals surface area contributed by atoms with Crippen LogP contribution in [0.25, 0.3) is 0 Å². The summed E-state index contributed by atoms with van der Waals surface area (Å²) in [6.45, 7) is 2.21. The maximum Gasteiger partial charge on any atom is 0.305 e. The summed E-state index contributed by atoms with van der Waals surface area (Å²) in [6.07, 6.45) is 2.23. The minimum atomic E-state index is -1.16. The van der Waals surface area contributed by atoms with Crippen LogP contribution in [-0.2, 0) is 9.59 Å². The van der Waals surface area contributed by atoms with Gasteiger partial charge in [0.1, 0.15) is 0 Å². The van der Waals surface area contributed by atoms with Gasteiger partial charge in [-0.25, -0.2) is 8.78 Å². The summed E-state index contributed by atoms with van der Waals surface area (Å²) in [4.78, 5) is 55.1. The summed E-state index contributed by atoms with van der Waals surface area (Å²) in [5.74, 6) is -4.28. The Morgan fingerprint density at radius 3 is 2.38 bits per heavy atom. The Labute approximate surface area is 245 Å². The molecule has 2 heterocycles. The van der Waals surface area contributed by atoms with Crippen LogP contribution >= 0.6 is 11.3 Å². The van der Waals surface area contributed by atoms with Crippen molar-refractivity contribution >= 4 is 46.4 Å². The highest BCUT2D eigenvalue weighted by molar-refractivity contribution is 7.10. The van der Waals surface area contributed by atoms with Crippen LogP contribution in [0.2, 0.25) is 0 Å². The fraction of sp³-hybridized carbons (Fsp3) is 0.333. The molecule has 1 saturated carbocycles. The lowest BCUT2D eigenvalue weighted by Gasteiger charge is -2.27. The van der Waals surface area contributed by atoms with Crippen LogP contribution in [-0.4, -0.2) is 59.9 Å². The molecule has 2 aromatic carbocycles. The van der Waals surface area contributed by atoms with E-state index in [9.17, 15) is 33.1 Å². The SMILES string of the molecule is O=C(O)CC(NC(=O)c1ccc(N2CCCN(C(=O)C3CC3)CC2)c(NC(=O)c2ccc(F)c(F)c2)c1)c1cccs1. The lowest BCUT2D eigenvalue weighted by atomic mass is 10.1. The number of amides is 3. The summed E-state index contributed by atoms with van der Waals surface area (Å²) in [7, 11) is 0. The second-order valence-corrected chi connectivity index (χ2v) is 11.4. The first kappa shape index (κ1) is 29.2. The number of carboxylic acid groups (broad SMARTS) is 1. The number of halogens is 2. The Bertz CT molecular complexity index is 1490. The van der Waals surface area contributed by atoms with Gasteiger partial charge in [-0.05, 0) is 67.1 Å². The van der Waals surface area contributed by atoms with Gasteiger partial charge in [0.05, 0.1) is 23.8 Å². The Morgan fingerprint density at radius 2 is 1.69 bits per heavy atom. The van der Waals surface area contributed by atoms with Gasteiger partial charge in [-0.3, -0.25) is 19.2 Å². The van der Waals surface area contributed by atoms with E-state index in [0.717, 1.165) is 31.0 Å². The minimum absolute atomic E-state index is 0.106. The number of nitrogens with zero attached hydrogens (tertiary/aromatic N) is 2. The zero-order valence-electron chi connectivity index (χ0n) is 22.6. The monoisotopic (exact) mass is 596 g/mol. The zero-order chi connectivity index (χ0) is 29.8. The van der Waals surface area contributed by atoms with E-state index >= 15 is 0 Å². The zero-order valence-corrected chi connectivity index (χ0v) is 23.5. The molecule has 9 nitrogen and oxygen atoms in total. The number of hydrogen-bond acceptors (Lipinski definition) is 6. The van der Waals surface area contributed by atoms with Crippen LogP contribution < -0.4 is 15.5 Å². The normalized spacial score (nSPS) is 16.0. The van der Waals surface area contributed by atoms with Crippen molar-refractivity contribution in [1.82, 2.24) is 10.2 Å². The number of nitrogens with one attached hydrogen (secondary N) is 2. The molecule has 1 aliphatic carbocycles. The predicted molar refractivity (Wildman–Crippen MR) is 154 cm³/mol. The van der Waals surface area contributed by atoms with Crippen LogP contribution in [0, 0.1) is 17.6 Å². The van der Waals surface area contributed by atoms with Crippen molar-refractivity contribution in [2.24, 2.45) is 5.92 Å². The van der Waals surface area contributed by atoms with E-state index < -0.39 is 35.5 Å². The third-order valence-corrected chi connectivity index (χ3v) is 8.32. The molecule has 3 aromatic rings. The molecular weight excluding hydrogens is 566 g/mol. The average Bonchev–Trinajstić information content (AvgIpc) is 3.73. The quantitative estimate of drug-likeness (QED) is 0.330. The Balaban J connectivity index is 1.41. The van der Waals surface area contributed by atoms with Gasteiger partial charge in [-0.15, -0.1) is 11.3 Å². The molecule has 1 saturated heterocycles. The van der Waals surface area contributed by atoms with Gasteiger partial charge in [-0.2, -0.15) is 0 Å². The fourth-order valence-electron chi connectivity index (χ4n) is 4.98. The summed E-state index contributed by atoms with van der Waals surface area (Å²) in [5, 5.41) is 16.7. The van der Waals surface area contributed by atoms with Gasteiger partial charge in [0.15, 0.2) is 11.6 Å². The number of carbonyl (C=O) groups excluding carboxylic acids is 3. The first-order valence-corrected chi connectivity index (χ1v) is 14.6. The van der Waals surface area contributed by atoms with E-state index in [-0.39, 0.29) is 35.1 Å². The van der Waals surface area contributed by atoms with E-state index in [4.69, 9.17) is 0 Å². The van der Waals surface area contributed by atoms with Crippen LogP contribution in [0.3, 0.4) is 0 Å². The van der Waals surface area contributed by atoms with Crippen LogP contribution in [0.5, 0.6) is 0 Å². The number of thiophene rings is 1. The van der Waals surface area contributed by atoms with Gasteiger partial charge in [0.25, 0.3) is 11.8 Å². The number of benzene rings is 2. The maximum atomic E-state index is 13.9. The number of anilines is 2. The molecule has 1 aromatic heterocycles. The van der Waals surface area contributed by atoms with E-state index in [1.165, 1.54) is 17.4 Å². The Hall–Kier alpha value is -4.32. The van der Waals surface area contributed by atoms with E-state index in [1.807, 2.05) is 9.80 Å². The maximum absolute atomic E-state index is 13.9. The summed E-state index contributed by atoms with van der Waals surface area (Å²) >= 11 is 1.33. The van der Waals surface area contributed by atoms with Crippen LogP contribution in [0.15, 0.2) is 53.9 Å². The second kappa shape index (κ2) is 12.7. The van der Waals surface area contributed by atoms with E-state index in [1.54, 1.807) is 29.6 Å². The van der Waals surface area contributed by atoms with Gasteiger partial charge >= 0.3 is 5.97 Å².